The number of carboxylic acids is 1. The molecule has 2 fully saturated rings. The van der Waals surface area contributed by atoms with Gasteiger partial charge in [0.15, 0.2) is 5.54 Å². The Kier molecular flexibility index (Phi) is 3.81. The van der Waals surface area contributed by atoms with E-state index in [9.17, 15) is 14.7 Å². The monoisotopic (exact) mass is 303 g/mol. The first kappa shape index (κ1) is 14.9. The molecule has 2 N–H and O–H groups in total. The fourth-order valence-corrected chi connectivity index (χ4v) is 2.82. The van der Waals surface area contributed by atoms with Gasteiger partial charge in [-0.15, -0.1) is 0 Å². The summed E-state index contributed by atoms with van der Waals surface area (Å²) in [5.41, 5.74) is -1.41. The predicted octanol–water partition coefficient (Wildman–Crippen LogP) is 2.07. The molecule has 0 spiro atoms. The minimum atomic E-state index is -1.41. The summed E-state index contributed by atoms with van der Waals surface area (Å²) in [5, 5.41) is 12.1. The van der Waals surface area contributed by atoms with Crippen molar-refractivity contribution in [1.82, 2.24) is 5.32 Å². The molecule has 0 aromatic heterocycles. The molecule has 0 unspecified atom stereocenters. The number of carboxylic acid groups (broad SMARTS) is 1. The fourth-order valence-electron chi connectivity index (χ4n) is 2.82. The summed E-state index contributed by atoms with van der Waals surface area (Å²) in [6, 6.07) is 9.01. The fraction of sp³-hybridized carbons (Fsp3) is 0.529. The number of amides is 1. The Bertz CT molecular complexity index is 569. The van der Waals surface area contributed by atoms with Crippen LogP contribution in [0.5, 0.6) is 5.75 Å². The first-order valence-electron chi connectivity index (χ1n) is 7.73. The molecular weight excluding hydrogens is 282 g/mol. The molecule has 3 rings (SSSR count). The highest BCUT2D eigenvalue weighted by molar-refractivity contribution is 5.89. The van der Waals surface area contributed by atoms with Crippen LogP contribution in [0.25, 0.3) is 0 Å². The van der Waals surface area contributed by atoms with Crippen molar-refractivity contribution in [2.45, 2.75) is 31.7 Å². The van der Waals surface area contributed by atoms with Gasteiger partial charge in [0, 0.05) is 5.92 Å². The average molecular weight is 303 g/mol. The smallest absolute Gasteiger partial charge is 0.332 e. The van der Waals surface area contributed by atoms with E-state index in [0.717, 1.165) is 6.42 Å². The average Bonchev–Trinajstić information content (AvgIpc) is 3.38. The van der Waals surface area contributed by atoms with Crippen molar-refractivity contribution in [1.29, 1.82) is 0 Å². The largest absolute Gasteiger partial charge is 0.491 e. The van der Waals surface area contributed by atoms with E-state index in [1.807, 2.05) is 18.2 Å². The molecule has 5 nitrogen and oxygen atoms in total. The molecule has 0 aliphatic heterocycles. The minimum absolute atomic E-state index is 0.0112. The molecule has 2 aliphatic rings. The van der Waals surface area contributed by atoms with Crippen LogP contribution in [-0.4, -0.2) is 29.1 Å². The zero-order valence-corrected chi connectivity index (χ0v) is 12.6. The van der Waals surface area contributed by atoms with Crippen molar-refractivity contribution < 1.29 is 19.4 Å². The SMILES string of the molecule is C[C@](COc1ccccc1)(NC(=O)[C@@H]1C[C@H]1C1CC1)C(=O)O. The van der Waals surface area contributed by atoms with Crippen LogP contribution >= 0.6 is 0 Å². The third kappa shape index (κ3) is 3.24. The van der Waals surface area contributed by atoms with Crippen molar-refractivity contribution >= 4 is 11.9 Å². The topological polar surface area (TPSA) is 75.6 Å². The van der Waals surface area contributed by atoms with Gasteiger partial charge in [-0.3, -0.25) is 4.79 Å². The molecular formula is C17H21NO4. The number of rotatable bonds is 7. The van der Waals surface area contributed by atoms with E-state index >= 15 is 0 Å². The van der Waals surface area contributed by atoms with E-state index in [-0.39, 0.29) is 18.4 Å². The summed E-state index contributed by atoms with van der Waals surface area (Å²) in [6.07, 6.45) is 3.31. The van der Waals surface area contributed by atoms with Gasteiger partial charge in [-0.2, -0.15) is 0 Å². The first-order valence-corrected chi connectivity index (χ1v) is 7.73. The number of nitrogens with one attached hydrogen (secondary N) is 1. The van der Waals surface area contributed by atoms with Gasteiger partial charge >= 0.3 is 5.97 Å². The van der Waals surface area contributed by atoms with E-state index in [0.29, 0.717) is 17.6 Å². The maximum atomic E-state index is 12.2. The summed E-state index contributed by atoms with van der Waals surface area (Å²) >= 11 is 0. The Balaban J connectivity index is 1.58. The second-order valence-corrected chi connectivity index (χ2v) is 6.57. The van der Waals surface area contributed by atoms with Crippen molar-refractivity contribution in [3.05, 3.63) is 30.3 Å². The van der Waals surface area contributed by atoms with Crippen LogP contribution in [0.15, 0.2) is 30.3 Å². The summed E-state index contributed by atoms with van der Waals surface area (Å²) in [4.78, 5) is 23.8. The second-order valence-electron chi connectivity index (χ2n) is 6.57. The van der Waals surface area contributed by atoms with Crippen LogP contribution in [0.3, 0.4) is 0 Å². The lowest BCUT2D eigenvalue weighted by Gasteiger charge is -2.26. The van der Waals surface area contributed by atoms with Crippen molar-refractivity contribution in [3.8, 4) is 5.75 Å². The van der Waals surface area contributed by atoms with Crippen LogP contribution in [0.1, 0.15) is 26.2 Å². The van der Waals surface area contributed by atoms with Crippen molar-refractivity contribution in [3.63, 3.8) is 0 Å². The third-order valence-corrected chi connectivity index (χ3v) is 4.55. The Morgan fingerprint density at radius 3 is 2.59 bits per heavy atom. The number of ether oxygens (including phenoxy) is 1. The summed E-state index contributed by atoms with van der Waals surface area (Å²) in [7, 11) is 0. The lowest BCUT2D eigenvalue weighted by molar-refractivity contribution is -0.148. The number of para-hydroxylation sites is 1. The first-order chi connectivity index (χ1) is 10.5. The molecule has 0 radical (unpaired) electrons. The lowest BCUT2D eigenvalue weighted by Crippen LogP contribution is -2.56. The van der Waals surface area contributed by atoms with Crippen LogP contribution < -0.4 is 10.1 Å². The van der Waals surface area contributed by atoms with Gasteiger partial charge in [-0.05, 0) is 50.2 Å². The van der Waals surface area contributed by atoms with Gasteiger partial charge in [0.2, 0.25) is 5.91 Å². The third-order valence-electron chi connectivity index (χ3n) is 4.55. The molecule has 3 atom stereocenters. The summed E-state index contributed by atoms with van der Waals surface area (Å²) in [5.74, 6) is 0.494. The van der Waals surface area contributed by atoms with Crippen molar-refractivity contribution in [2.75, 3.05) is 6.61 Å². The highest BCUT2D eigenvalue weighted by Crippen LogP contribution is 2.54. The minimum Gasteiger partial charge on any atom is -0.491 e. The predicted molar refractivity (Wildman–Crippen MR) is 80.4 cm³/mol. The highest BCUT2D eigenvalue weighted by atomic mass is 16.5. The molecule has 1 amide bonds. The van der Waals surface area contributed by atoms with E-state index in [4.69, 9.17) is 4.74 Å². The zero-order valence-electron chi connectivity index (χ0n) is 12.6. The molecule has 2 saturated carbocycles. The van der Waals surface area contributed by atoms with Gasteiger partial charge < -0.3 is 15.2 Å². The highest BCUT2D eigenvalue weighted by Gasteiger charge is 2.52. The molecule has 22 heavy (non-hydrogen) atoms. The standard InChI is InChI=1S/C17H21NO4/c1-17(16(20)21,10-22-12-5-3-2-4-6-12)18-15(19)14-9-13(14)11-7-8-11/h2-6,11,13-14H,7-10H2,1H3,(H,18,19)(H,20,21)/t13-,14+,17+/m0/s1. The van der Waals surface area contributed by atoms with E-state index < -0.39 is 11.5 Å². The Hall–Kier alpha value is -2.04. The van der Waals surface area contributed by atoms with Crippen LogP contribution in [-0.2, 0) is 9.59 Å². The summed E-state index contributed by atoms with van der Waals surface area (Å²) < 4.78 is 5.52. The molecule has 0 heterocycles. The second kappa shape index (κ2) is 5.63. The molecule has 118 valence electrons. The van der Waals surface area contributed by atoms with Gasteiger partial charge in [0.25, 0.3) is 0 Å². The van der Waals surface area contributed by atoms with E-state index in [1.54, 1.807) is 12.1 Å². The maximum Gasteiger partial charge on any atom is 0.332 e. The van der Waals surface area contributed by atoms with Gasteiger partial charge in [0.1, 0.15) is 12.4 Å². The quantitative estimate of drug-likeness (QED) is 0.808. The summed E-state index contributed by atoms with van der Waals surface area (Å²) in [6.45, 7) is 1.39. The molecule has 5 heteroatoms. The van der Waals surface area contributed by atoms with E-state index in [2.05, 4.69) is 5.32 Å². The van der Waals surface area contributed by atoms with Crippen LogP contribution in [0, 0.1) is 17.8 Å². The number of hydrogen-bond donors (Lipinski definition) is 2. The number of aliphatic carboxylic acids is 1. The number of hydrogen-bond acceptors (Lipinski definition) is 3. The van der Waals surface area contributed by atoms with Gasteiger partial charge in [-0.25, -0.2) is 4.79 Å². The van der Waals surface area contributed by atoms with Gasteiger partial charge in [0.05, 0.1) is 0 Å². The Labute approximate surface area is 129 Å². The molecule has 1 aromatic rings. The molecule has 2 aliphatic carbocycles. The molecule has 0 saturated heterocycles. The van der Waals surface area contributed by atoms with Gasteiger partial charge in [-0.1, -0.05) is 18.2 Å². The maximum absolute atomic E-state index is 12.2. The normalized spacial score (nSPS) is 25.9. The Morgan fingerprint density at radius 2 is 2.00 bits per heavy atom. The van der Waals surface area contributed by atoms with E-state index in [1.165, 1.54) is 19.8 Å². The van der Waals surface area contributed by atoms with Crippen LogP contribution in [0.2, 0.25) is 0 Å². The lowest BCUT2D eigenvalue weighted by atomic mass is 10.0. The zero-order chi connectivity index (χ0) is 15.7. The molecule has 0 bridgehead atoms. The van der Waals surface area contributed by atoms with Crippen molar-refractivity contribution in [2.24, 2.45) is 17.8 Å². The number of carbonyl (C=O) groups excluding carboxylic acids is 1. The van der Waals surface area contributed by atoms with Crippen LogP contribution in [0.4, 0.5) is 0 Å². The molecule has 1 aromatic carbocycles. The Morgan fingerprint density at radius 1 is 1.32 bits per heavy atom. The number of carbonyl (C=O) groups is 2. The number of benzene rings is 1.